The summed E-state index contributed by atoms with van der Waals surface area (Å²) in [5, 5.41) is 6.63. The Morgan fingerprint density at radius 1 is 0.412 bits per heavy atom. The number of H-pyrrole nitrogens is 4. The van der Waals surface area contributed by atoms with Crippen molar-refractivity contribution in [2.24, 2.45) is 5.73 Å². The third-order valence-corrected chi connectivity index (χ3v) is 18.7. The van der Waals surface area contributed by atoms with E-state index in [1.54, 1.807) is 44.8 Å². The molecule has 0 spiro atoms. The number of aromatic amines is 4. The number of benzene rings is 4. The molecular weight excluding hydrogens is 1440 g/mol. The average molecular weight is 1560 g/mol. The lowest BCUT2D eigenvalue weighted by Crippen LogP contribution is -2.43. The number of fused-ring (bicyclic) bond motifs is 6. The van der Waals surface area contributed by atoms with Crippen LogP contribution in [-0.4, -0.2) is 176 Å². The van der Waals surface area contributed by atoms with Crippen LogP contribution in [0.5, 0.6) is 0 Å². The summed E-state index contributed by atoms with van der Waals surface area (Å²) >= 11 is 0. The third kappa shape index (κ3) is 23.7. The van der Waals surface area contributed by atoms with Gasteiger partial charge < -0.3 is 78.7 Å². The molecule has 17 rings (SSSR count). The predicted octanol–water partition coefficient (Wildman–Crippen LogP) is 12.1. The molecule has 29 heteroatoms. The summed E-state index contributed by atoms with van der Waals surface area (Å²) in [6.07, 6.45) is 19.5. The van der Waals surface area contributed by atoms with Crippen LogP contribution in [-0.2, 0) is 103 Å². The largest absolute Gasteiger partial charge is 0.444 e. The van der Waals surface area contributed by atoms with Crippen LogP contribution in [0.1, 0.15) is 157 Å². The van der Waals surface area contributed by atoms with Crippen molar-refractivity contribution in [3.05, 3.63) is 246 Å². The van der Waals surface area contributed by atoms with Gasteiger partial charge in [0.05, 0.1) is 121 Å². The summed E-state index contributed by atoms with van der Waals surface area (Å²) in [4.78, 5) is 93.4. The molecule has 11 aromatic rings. The Bertz CT molecular complexity index is 4700. The maximum Gasteiger partial charge on any atom is 0.410 e. The van der Waals surface area contributed by atoms with Gasteiger partial charge in [0.2, 0.25) is 6.33 Å². The zero-order valence-electron chi connectivity index (χ0n) is 67.9. The lowest BCUT2D eigenvalue weighted by molar-refractivity contribution is -0.603. The fraction of sp³-hybridized carbons (Fsp3) is 0.424. The highest BCUT2D eigenvalue weighted by Gasteiger charge is 2.34. The van der Waals surface area contributed by atoms with E-state index in [0.29, 0.717) is 58.9 Å². The van der Waals surface area contributed by atoms with Gasteiger partial charge in [-0.15, -0.1) is 0 Å². The molecule has 6 aliphatic heterocycles. The Hall–Kier alpha value is -11.7. The standard InChI is InChI=1S/3C17H21N3O2.C12H13N3.C11H17N3O2.C6H9N3.C5H9N3/c1-17(2,3)22-16(21)19-10-9-15-14(11-19)18-12-20(15)13-7-5-4-6-8-13;2*1-17(2,3)22-16(21)19-10-9-14-15(11-19)20(12-18-14)13-7-5-4-6-8-13;1-2-4-10(5-3-1)15-9-14-11-6-7-13-8-12(11)15;1-11(2,3)16-10(15)14-5-4-8-9(6-14)13-7-12-8;1-2-7-3-6-5(1)8-4-9-6;6-2-1-5-3-7-4-8-5/h3*4-8,12H,9-11H2,1-3H3;1-5,9,13H,6-8H2;7H,4-6H2,1-3H3,(H,12,13);4,7H,1-3H2,(H,8,9);3-4H,1-2,6H2,(H,7,8)/p+1. The summed E-state index contributed by atoms with van der Waals surface area (Å²) < 4.78 is 30.1. The maximum atomic E-state index is 12.3. The Kier molecular flexibility index (Phi) is 27.9. The Balaban J connectivity index is 0.000000134. The van der Waals surface area contributed by atoms with Gasteiger partial charge in [0.1, 0.15) is 28.1 Å². The number of nitrogens with two attached hydrogens (primary N) is 1. The van der Waals surface area contributed by atoms with Gasteiger partial charge in [0, 0.05) is 126 Å². The van der Waals surface area contributed by atoms with E-state index >= 15 is 0 Å². The lowest BCUT2D eigenvalue weighted by Gasteiger charge is -2.30. The van der Waals surface area contributed by atoms with Crippen molar-refractivity contribution in [1.29, 1.82) is 0 Å². The minimum absolute atomic E-state index is 0.251. The number of hydrogen-bond acceptors (Lipinski definition) is 17. The Morgan fingerprint density at radius 3 is 1.24 bits per heavy atom. The minimum Gasteiger partial charge on any atom is -0.444 e. The van der Waals surface area contributed by atoms with E-state index in [9.17, 15) is 19.2 Å². The smallest absolute Gasteiger partial charge is 0.410 e. The first-order valence-electron chi connectivity index (χ1n) is 39.1. The summed E-state index contributed by atoms with van der Waals surface area (Å²) in [6, 6.07) is 40.7. The minimum atomic E-state index is -0.475. The number of amides is 4. The van der Waals surface area contributed by atoms with Crippen molar-refractivity contribution in [2.45, 2.75) is 190 Å². The van der Waals surface area contributed by atoms with E-state index in [1.165, 1.54) is 34.2 Å². The molecule has 114 heavy (non-hydrogen) atoms. The molecule has 6 aliphatic rings. The predicted molar refractivity (Wildman–Crippen MR) is 434 cm³/mol. The highest BCUT2D eigenvalue weighted by atomic mass is 16.6. The van der Waals surface area contributed by atoms with Crippen LogP contribution in [0.2, 0.25) is 0 Å². The topological polar surface area (TPSA) is 327 Å². The summed E-state index contributed by atoms with van der Waals surface area (Å²) in [5.74, 6) is 0. The number of carbonyl (C=O) groups excluding carboxylic acids is 4. The van der Waals surface area contributed by atoms with Gasteiger partial charge in [0.25, 0.3) is 0 Å². The van der Waals surface area contributed by atoms with Crippen molar-refractivity contribution in [2.75, 3.05) is 45.8 Å². The molecule has 0 atom stereocenters. The second kappa shape index (κ2) is 38.2. The molecule has 0 aliphatic carbocycles. The Labute approximate surface area is 667 Å². The maximum absolute atomic E-state index is 12.3. The van der Waals surface area contributed by atoms with Crippen LogP contribution in [0.15, 0.2) is 172 Å². The first-order chi connectivity index (χ1) is 54.6. The number of rotatable bonds is 6. The number of imidazole rings is 7. The van der Waals surface area contributed by atoms with Crippen molar-refractivity contribution >= 4 is 24.4 Å². The van der Waals surface area contributed by atoms with Crippen molar-refractivity contribution in [3.8, 4) is 22.7 Å². The van der Waals surface area contributed by atoms with Crippen LogP contribution >= 0.6 is 0 Å². The van der Waals surface area contributed by atoms with Gasteiger partial charge in [-0.05, 0) is 138 Å². The van der Waals surface area contributed by atoms with Crippen molar-refractivity contribution < 1.29 is 42.7 Å². The second-order valence-corrected chi connectivity index (χ2v) is 32.2. The molecule has 0 saturated heterocycles. The van der Waals surface area contributed by atoms with Crippen molar-refractivity contribution in [3.63, 3.8) is 0 Å². The average Bonchev–Trinajstić information content (AvgIpc) is 1.65. The lowest BCUT2D eigenvalue weighted by atomic mass is 10.1. The summed E-state index contributed by atoms with van der Waals surface area (Å²) in [6.45, 7) is 32.1. The van der Waals surface area contributed by atoms with E-state index in [4.69, 9.17) is 24.7 Å². The zero-order chi connectivity index (χ0) is 81.0. The molecule has 4 amide bonds. The Morgan fingerprint density at radius 2 is 0.798 bits per heavy atom. The van der Waals surface area contributed by atoms with Crippen LogP contribution in [0.25, 0.3) is 22.7 Å². The molecule has 0 radical (unpaired) electrons. The second-order valence-electron chi connectivity index (χ2n) is 32.2. The first-order valence-corrected chi connectivity index (χ1v) is 39.1. The van der Waals surface area contributed by atoms with Gasteiger partial charge in [0.15, 0.2) is 11.4 Å². The molecule has 8 N–H and O–H groups in total. The van der Waals surface area contributed by atoms with Crippen molar-refractivity contribution in [1.82, 2.24) is 93.8 Å². The highest BCUT2D eigenvalue weighted by molar-refractivity contribution is 5.70. The number of para-hydroxylation sites is 4. The van der Waals surface area contributed by atoms with Crippen LogP contribution in [0.4, 0.5) is 19.2 Å². The fourth-order valence-electron chi connectivity index (χ4n) is 13.3. The molecule has 0 unspecified atom stereocenters. The molecule has 29 nitrogen and oxygen atoms in total. The van der Waals surface area contributed by atoms with Gasteiger partial charge in [-0.25, -0.2) is 54.1 Å². The monoisotopic (exact) mass is 1550 g/mol. The third-order valence-electron chi connectivity index (χ3n) is 18.7. The normalized spacial score (nSPS) is 14.7. The number of hydrogen-bond donors (Lipinski definition) is 7. The highest BCUT2D eigenvalue weighted by Crippen LogP contribution is 2.27. The fourth-order valence-corrected chi connectivity index (χ4v) is 13.3. The molecule has 0 bridgehead atoms. The van der Waals surface area contributed by atoms with Gasteiger partial charge in [-0.3, -0.25) is 4.90 Å². The van der Waals surface area contributed by atoms with E-state index in [2.05, 4.69) is 106 Å². The number of carbonyl (C=O) groups is 4. The molecular formula is C85H112N21O8+. The van der Waals surface area contributed by atoms with E-state index in [1.807, 2.05) is 202 Å². The first kappa shape index (κ1) is 83.3. The quantitative estimate of drug-likeness (QED) is 0.0601. The van der Waals surface area contributed by atoms with Crippen LogP contribution in [0, 0.1) is 0 Å². The van der Waals surface area contributed by atoms with E-state index in [0.717, 1.165) is 134 Å². The molecule has 604 valence electrons. The zero-order valence-corrected chi connectivity index (χ0v) is 67.9. The summed E-state index contributed by atoms with van der Waals surface area (Å²) in [7, 11) is 0. The molecule has 0 saturated carbocycles. The molecule has 13 heterocycles. The molecule has 4 aromatic carbocycles. The SMILES string of the molecule is CC(C)(C)OC(=O)N1CCc2c([nH]c[n+]2-c2ccccc2)C1.CC(C)(C)OC(=O)N1CCc2nc[nH]c2C1.CC(C)(C)OC(=O)N1CCc2ncn(-c3ccccc3)c2C1.CC(C)(C)OC(=O)N1CCc2ncn(-c3ccccc3)c2C1.NCCc1cnc[nH]1.c1ccc(-n2cnc3c2CNCC3)cc1.c1nc2c([nH]1)CNCC2. The van der Waals surface area contributed by atoms with Gasteiger partial charge >= 0.3 is 24.4 Å². The molecule has 7 aromatic heterocycles. The number of nitrogens with zero attached hydrogens (tertiary/aromatic N) is 14. The van der Waals surface area contributed by atoms with Crippen LogP contribution in [0.3, 0.4) is 0 Å². The summed E-state index contributed by atoms with van der Waals surface area (Å²) in [5.41, 5.74) is 22.6. The van der Waals surface area contributed by atoms with Gasteiger partial charge in [-0.1, -0.05) is 72.8 Å². The van der Waals surface area contributed by atoms with Gasteiger partial charge in [-0.2, -0.15) is 4.57 Å². The van der Waals surface area contributed by atoms with E-state index in [-0.39, 0.29) is 24.4 Å². The molecule has 0 fully saturated rings. The van der Waals surface area contributed by atoms with E-state index < -0.39 is 22.4 Å². The van der Waals surface area contributed by atoms with Crippen LogP contribution < -0.4 is 20.9 Å². The number of nitrogens with one attached hydrogen (secondary N) is 6. The number of aromatic nitrogens is 14. The number of ether oxygens (including phenoxy) is 4.